The number of carbonyl (C=O) groups excluding carboxylic acids is 1. The maximum Gasteiger partial charge on any atom is 0.243 e. The SMILES string of the molecule is CCN(CC)C(C(=O)NC(C)c1ccc(S(=O)(=O)N(CC)CC)cc1)c1ccccc1. The molecule has 0 bridgehead atoms. The largest absolute Gasteiger partial charge is 0.348 e. The highest BCUT2D eigenvalue weighted by molar-refractivity contribution is 7.89. The van der Waals surface area contributed by atoms with Crippen LogP contribution in [0.15, 0.2) is 59.5 Å². The Balaban J connectivity index is 2.21. The van der Waals surface area contributed by atoms with Crippen LogP contribution in [0.2, 0.25) is 0 Å². The monoisotopic (exact) mass is 445 g/mol. The highest BCUT2D eigenvalue weighted by Gasteiger charge is 2.27. The van der Waals surface area contributed by atoms with Crippen LogP contribution in [0.5, 0.6) is 0 Å². The van der Waals surface area contributed by atoms with Gasteiger partial charge in [0.15, 0.2) is 0 Å². The molecule has 2 atom stereocenters. The van der Waals surface area contributed by atoms with E-state index in [-0.39, 0.29) is 22.9 Å². The summed E-state index contributed by atoms with van der Waals surface area (Å²) in [5, 5.41) is 3.11. The molecule has 170 valence electrons. The molecule has 0 radical (unpaired) electrons. The van der Waals surface area contributed by atoms with E-state index in [0.717, 1.165) is 24.2 Å². The summed E-state index contributed by atoms with van der Waals surface area (Å²) in [6, 6.07) is 15.9. The normalized spacial score (nSPS) is 13.9. The Morgan fingerprint density at radius 2 is 1.39 bits per heavy atom. The molecule has 0 aliphatic heterocycles. The van der Waals surface area contributed by atoms with Crippen molar-refractivity contribution < 1.29 is 13.2 Å². The minimum absolute atomic E-state index is 0.0674. The van der Waals surface area contributed by atoms with Gasteiger partial charge in [-0.1, -0.05) is 70.2 Å². The van der Waals surface area contributed by atoms with Gasteiger partial charge in [0.1, 0.15) is 6.04 Å². The van der Waals surface area contributed by atoms with Crippen molar-refractivity contribution in [1.82, 2.24) is 14.5 Å². The summed E-state index contributed by atoms with van der Waals surface area (Å²) in [4.78, 5) is 15.6. The summed E-state index contributed by atoms with van der Waals surface area (Å²) in [5.74, 6) is -0.0674. The second-order valence-electron chi connectivity index (χ2n) is 7.42. The van der Waals surface area contributed by atoms with Crippen molar-refractivity contribution in [2.45, 2.75) is 51.6 Å². The topological polar surface area (TPSA) is 69.7 Å². The number of amides is 1. The molecular weight excluding hydrogens is 410 g/mol. The van der Waals surface area contributed by atoms with Crippen LogP contribution in [0.1, 0.15) is 57.8 Å². The van der Waals surface area contributed by atoms with Crippen LogP contribution in [0.4, 0.5) is 0 Å². The third kappa shape index (κ3) is 5.93. The predicted molar refractivity (Wildman–Crippen MR) is 125 cm³/mol. The first-order valence-electron chi connectivity index (χ1n) is 11.0. The van der Waals surface area contributed by atoms with Gasteiger partial charge < -0.3 is 5.32 Å². The molecule has 2 unspecified atom stereocenters. The minimum Gasteiger partial charge on any atom is -0.348 e. The lowest BCUT2D eigenvalue weighted by Crippen LogP contribution is -2.41. The summed E-state index contributed by atoms with van der Waals surface area (Å²) in [7, 11) is -3.49. The molecule has 7 heteroatoms. The number of carbonyl (C=O) groups is 1. The van der Waals surface area contributed by atoms with E-state index in [2.05, 4.69) is 10.2 Å². The molecule has 0 saturated carbocycles. The molecule has 0 aliphatic carbocycles. The number of hydrogen-bond acceptors (Lipinski definition) is 4. The first kappa shape index (κ1) is 25.0. The number of likely N-dealkylation sites (N-methyl/N-ethyl adjacent to an activating group) is 1. The molecule has 2 aromatic carbocycles. The van der Waals surface area contributed by atoms with Crippen molar-refractivity contribution in [2.24, 2.45) is 0 Å². The van der Waals surface area contributed by atoms with Gasteiger partial charge in [-0.15, -0.1) is 0 Å². The molecule has 0 fully saturated rings. The van der Waals surface area contributed by atoms with Gasteiger partial charge in [-0.25, -0.2) is 8.42 Å². The van der Waals surface area contributed by atoms with Crippen molar-refractivity contribution in [3.8, 4) is 0 Å². The zero-order valence-electron chi connectivity index (χ0n) is 19.2. The molecule has 1 amide bonds. The minimum atomic E-state index is -3.49. The highest BCUT2D eigenvalue weighted by atomic mass is 32.2. The summed E-state index contributed by atoms with van der Waals surface area (Å²) in [6.45, 7) is 12.0. The van der Waals surface area contributed by atoms with Crippen molar-refractivity contribution in [3.05, 3.63) is 65.7 Å². The zero-order chi connectivity index (χ0) is 23.0. The van der Waals surface area contributed by atoms with Gasteiger partial charge in [-0.2, -0.15) is 4.31 Å². The van der Waals surface area contributed by atoms with E-state index in [1.807, 2.05) is 65.0 Å². The first-order valence-corrected chi connectivity index (χ1v) is 12.4. The van der Waals surface area contributed by atoms with Gasteiger partial charge in [0.25, 0.3) is 0 Å². The van der Waals surface area contributed by atoms with Gasteiger partial charge in [-0.3, -0.25) is 9.69 Å². The van der Waals surface area contributed by atoms with E-state index in [9.17, 15) is 13.2 Å². The number of rotatable bonds is 11. The lowest BCUT2D eigenvalue weighted by atomic mass is 10.0. The Morgan fingerprint density at radius 1 is 0.839 bits per heavy atom. The summed E-state index contributed by atoms with van der Waals surface area (Å²) < 4.78 is 26.8. The second kappa shape index (κ2) is 11.4. The molecule has 0 heterocycles. The van der Waals surface area contributed by atoms with Crippen LogP contribution < -0.4 is 5.32 Å². The van der Waals surface area contributed by atoms with E-state index in [1.165, 1.54) is 4.31 Å². The molecule has 0 aliphatic rings. The number of sulfonamides is 1. The molecule has 6 nitrogen and oxygen atoms in total. The number of benzene rings is 2. The summed E-state index contributed by atoms with van der Waals surface area (Å²) >= 11 is 0. The molecule has 2 rings (SSSR count). The molecule has 2 aromatic rings. The molecule has 1 N–H and O–H groups in total. The van der Waals surface area contributed by atoms with E-state index >= 15 is 0 Å². The maximum absolute atomic E-state index is 13.2. The first-order chi connectivity index (χ1) is 14.8. The molecule has 0 saturated heterocycles. The third-order valence-electron chi connectivity index (χ3n) is 5.62. The van der Waals surface area contributed by atoms with E-state index in [0.29, 0.717) is 13.1 Å². The van der Waals surface area contributed by atoms with Crippen LogP contribution in [0, 0.1) is 0 Å². The Bertz CT molecular complexity index is 922. The molecule has 0 spiro atoms. The second-order valence-corrected chi connectivity index (χ2v) is 9.36. The van der Waals surface area contributed by atoms with Crippen molar-refractivity contribution >= 4 is 15.9 Å². The Morgan fingerprint density at radius 3 is 1.87 bits per heavy atom. The molecule has 31 heavy (non-hydrogen) atoms. The quantitative estimate of drug-likeness (QED) is 0.568. The lowest BCUT2D eigenvalue weighted by Gasteiger charge is -2.30. The third-order valence-corrected chi connectivity index (χ3v) is 7.69. The fraction of sp³-hybridized carbons (Fsp3) is 0.458. The van der Waals surface area contributed by atoms with Gasteiger partial charge in [0, 0.05) is 13.1 Å². The van der Waals surface area contributed by atoms with E-state index in [1.54, 1.807) is 24.3 Å². The van der Waals surface area contributed by atoms with Crippen LogP contribution >= 0.6 is 0 Å². The average Bonchev–Trinajstić information content (AvgIpc) is 2.78. The van der Waals surface area contributed by atoms with Crippen molar-refractivity contribution in [2.75, 3.05) is 26.2 Å². The number of nitrogens with one attached hydrogen (secondary N) is 1. The lowest BCUT2D eigenvalue weighted by molar-refractivity contribution is -0.127. The fourth-order valence-corrected chi connectivity index (χ4v) is 5.23. The van der Waals surface area contributed by atoms with Gasteiger partial charge in [0.2, 0.25) is 15.9 Å². The molecule has 0 aromatic heterocycles. The standard InChI is InChI=1S/C24H35N3O3S/c1-6-26(7-2)23(21-13-11-10-12-14-21)24(28)25-19(5)20-15-17-22(18-16-20)31(29,30)27(8-3)9-4/h10-19,23H,6-9H2,1-5H3,(H,25,28). The van der Waals surface area contributed by atoms with Gasteiger partial charge in [0.05, 0.1) is 10.9 Å². The van der Waals surface area contributed by atoms with Crippen molar-refractivity contribution in [3.63, 3.8) is 0 Å². The smallest absolute Gasteiger partial charge is 0.243 e. The van der Waals surface area contributed by atoms with Crippen LogP contribution in [-0.4, -0.2) is 49.7 Å². The average molecular weight is 446 g/mol. The number of nitrogens with zero attached hydrogens (tertiary/aromatic N) is 2. The van der Waals surface area contributed by atoms with E-state index in [4.69, 9.17) is 0 Å². The highest BCUT2D eigenvalue weighted by Crippen LogP contribution is 2.24. The van der Waals surface area contributed by atoms with E-state index < -0.39 is 10.0 Å². The predicted octanol–water partition coefficient (Wildman–Crippen LogP) is 3.98. The zero-order valence-corrected chi connectivity index (χ0v) is 20.0. The Hall–Kier alpha value is -2.22. The fourth-order valence-electron chi connectivity index (χ4n) is 3.77. The van der Waals surface area contributed by atoms with Crippen LogP contribution in [0.25, 0.3) is 0 Å². The Kier molecular flexibility index (Phi) is 9.22. The summed E-state index contributed by atoms with van der Waals surface area (Å²) in [6.07, 6.45) is 0. The number of hydrogen-bond donors (Lipinski definition) is 1. The Labute approximate surface area is 187 Å². The van der Waals surface area contributed by atoms with Crippen LogP contribution in [-0.2, 0) is 14.8 Å². The van der Waals surface area contributed by atoms with Crippen LogP contribution in [0.3, 0.4) is 0 Å². The maximum atomic E-state index is 13.2. The van der Waals surface area contributed by atoms with Gasteiger partial charge >= 0.3 is 0 Å². The molecular formula is C24H35N3O3S. The summed E-state index contributed by atoms with van der Waals surface area (Å²) in [5.41, 5.74) is 1.81. The van der Waals surface area contributed by atoms with Crippen molar-refractivity contribution in [1.29, 1.82) is 0 Å². The van der Waals surface area contributed by atoms with Gasteiger partial charge in [-0.05, 0) is 43.3 Å².